The van der Waals surface area contributed by atoms with Gasteiger partial charge in [0.25, 0.3) is 0 Å². The minimum Gasteiger partial charge on any atom is -0.369 e. The number of carbonyl (C=O) groups is 1. The van der Waals surface area contributed by atoms with Crippen LogP contribution in [0.3, 0.4) is 0 Å². The maximum atomic E-state index is 12.9. The highest BCUT2D eigenvalue weighted by Gasteiger charge is 2.40. The molecule has 6 nitrogen and oxygen atoms in total. The molecule has 2 N–H and O–H groups in total. The van der Waals surface area contributed by atoms with E-state index in [0.29, 0.717) is 18.0 Å². The van der Waals surface area contributed by atoms with Gasteiger partial charge in [-0.1, -0.05) is 42.0 Å². The van der Waals surface area contributed by atoms with Crippen LogP contribution in [0.15, 0.2) is 53.4 Å². The zero-order valence-corrected chi connectivity index (χ0v) is 17.4. The number of hydrogen-bond donors (Lipinski definition) is 1. The third-order valence-electron chi connectivity index (χ3n) is 6.12. The van der Waals surface area contributed by atoms with Crippen molar-refractivity contribution in [3.63, 3.8) is 0 Å². The van der Waals surface area contributed by atoms with Crippen molar-refractivity contribution < 1.29 is 13.2 Å². The Hall–Kier alpha value is -2.22. The fraction of sp³-hybridized carbons (Fsp3) is 0.409. The van der Waals surface area contributed by atoms with Crippen LogP contribution in [-0.4, -0.2) is 55.8 Å². The van der Waals surface area contributed by atoms with Crippen molar-refractivity contribution in [1.29, 1.82) is 0 Å². The van der Waals surface area contributed by atoms with Crippen LogP contribution in [0, 0.1) is 12.8 Å². The maximum absolute atomic E-state index is 12.9. The molecule has 0 atom stereocenters. The van der Waals surface area contributed by atoms with Crippen molar-refractivity contribution in [1.82, 2.24) is 9.21 Å². The molecular formula is C22H27N3O3S. The summed E-state index contributed by atoms with van der Waals surface area (Å²) in [5, 5.41) is 0. The number of benzene rings is 2. The number of amides is 1. The summed E-state index contributed by atoms with van der Waals surface area (Å²) in [5.41, 5.74) is 8.65. The SMILES string of the molecule is Cc1cccc(-c2ccc(S(=O)(=O)N3CC(N4CCC(C(N)=O)CC4)C3)cc2)c1. The lowest BCUT2D eigenvalue weighted by atomic mass is 9.94. The molecule has 0 radical (unpaired) electrons. The number of sulfonamides is 1. The maximum Gasteiger partial charge on any atom is 0.243 e. The molecule has 0 saturated carbocycles. The van der Waals surface area contributed by atoms with Crippen LogP contribution in [0.25, 0.3) is 11.1 Å². The minimum atomic E-state index is -3.47. The lowest BCUT2D eigenvalue weighted by molar-refractivity contribution is -0.123. The van der Waals surface area contributed by atoms with Crippen molar-refractivity contribution >= 4 is 15.9 Å². The van der Waals surface area contributed by atoms with Crippen LogP contribution >= 0.6 is 0 Å². The van der Waals surface area contributed by atoms with Crippen molar-refractivity contribution in [3.8, 4) is 11.1 Å². The molecule has 2 aliphatic heterocycles. The molecule has 1 amide bonds. The van der Waals surface area contributed by atoms with Crippen molar-refractivity contribution in [2.75, 3.05) is 26.2 Å². The van der Waals surface area contributed by atoms with Crippen molar-refractivity contribution in [2.45, 2.75) is 30.7 Å². The first-order chi connectivity index (χ1) is 13.8. The second-order valence-electron chi connectivity index (χ2n) is 8.08. The Morgan fingerprint density at radius 3 is 2.24 bits per heavy atom. The number of nitrogens with two attached hydrogens (primary N) is 1. The van der Waals surface area contributed by atoms with Gasteiger partial charge in [-0.25, -0.2) is 8.42 Å². The van der Waals surface area contributed by atoms with Gasteiger partial charge in [0.15, 0.2) is 0 Å². The van der Waals surface area contributed by atoms with E-state index in [2.05, 4.69) is 11.0 Å². The van der Waals surface area contributed by atoms with E-state index in [1.54, 1.807) is 16.4 Å². The molecule has 2 aromatic carbocycles. The standard InChI is InChI=1S/C22H27N3O3S/c1-16-3-2-4-19(13-16)17-5-7-21(8-6-17)29(27,28)25-14-20(15-25)24-11-9-18(10-12-24)22(23)26/h2-8,13,18,20H,9-12,14-15H2,1H3,(H2,23,26). The smallest absolute Gasteiger partial charge is 0.243 e. The number of rotatable bonds is 5. The molecule has 29 heavy (non-hydrogen) atoms. The van der Waals surface area contributed by atoms with E-state index >= 15 is 0 Å². The van der Waals surface area contributed by atoms with Gasteiger partial charge >= 0.3 is 0 Å². The van der Waals surface area contributed by atoms with E-state index in [-0.39, 0.29) is 17.9 Å². The van der Waals surface area contributed by atoms with E-state index in [9.17, 15) is 13.2 Å². The van der Waals surface area contributed by atoms with Gasteiger partial charge < -0.3 is 5.73 Å². The molecular weight excluding hydrogens is 386 g/mol. The number of aryl methyl sites for hydroxylation is 1. The van der Waals surface area contributed by atoms with Gasteiger partial charge in [0.2, 0.25) is 15.9 Å². The van der Waals surface area contributed by atoms with Gasteiger partial charge in [-0.2, -0.15) is 4.31 Å². The fourth-order valence-corrected chi connectivity index (χ4v) is 5.70. The van der Waals surface area contributed by atoms with Gasteiger partial charge in [-0.05, 0) is 56.1 Å². The average molecular weight is 414 g/mol. The van der Waals surface area contributed by atoms with Gasteiger partial charge in [0, 0.05) is 25.0 Å². The molecule has 2 heterocycles. The summed E-state index contributed by atoms with van der Waals surface area (Å²) in [6.45, 7) is 4.65. The van der Waals surface area contributed by atoms with Gasteiger partial charge in [0.1, 0.15) is 0 Å². The monoisotopic (exact) mass is 413 g/mol. The van der Waals surface area contributed by atoms with Gasteiger partial charge in [0.05, 0.1) is 4.90 Å². The first-order valence-corrected chi connectivity index (χ1v) is 11.5. The van der Waals surface area contributed by atoms with Gasteiger partial charge in [-0.3, -0.25) is 9.69 Å². The van der Waals surface area contributed by atoms with E-state index < -0.39 is 10.0 Å². The summed E-state index contributed by atoms with van der Waals surface area (Å²) in [7, 11) is -3.47. The first-order valence-electron chi connectivity index (χ1n) is 10.1. The number of carbonyl (C=O) groups excluding carboxylic acids is 1. The lowest BCUT2D eigenvalue weighted by Crippen LogP contribution is -2.62. The number of primary amides is 1. The first kappa shape index (κ1) is 20.1. The summed E-state index contributed by atoms with van der Waals surface area (Å²) < 4.78 is 27.4. The van der Waals surface area contributed by atoms with Crippen LogP contribution in [0.1, 0.15) is 18.4 Å². The van der Waals surface area contributed by atoms with E-state index in [0.717, 1.165) is 37.1 Å². The lowest BCUT2D eigenvalue weighted by Gasteiger charge is -2.46. The highest BCUT2D eigenvalue weighted by molar-refractivity contribution is 7.89. The Kier molecular flexibility index (Phi) is 5.46. The summed E-state index contributed by atoms with van der Waals surface area (Å²) in [6, 6.07) is 15.5. The molecule has 0 unspecified atom stereocenters. The Morgan fingerprint density at radius 1 is 1.00 bits per heavy atom. The van der Waals surface area contributed by atoms with Crippen molar-refractivity contribution in [3.05, 3.63) is 54.1 Å². The molecule has 154 valence electrons. The summed E-state index contributed by atoms with van der Waals surface area (Å²) in [5.74, 6) is -0.269. The van der Waals surface area contributed by atoms with Crippen molar-refractivity contribution in [2.24, 2.45) is 11.7 Å². The third-order valence-corrected chi connectivity index (χ3v) is 7.97. The van der Waals surface area contributed by atoms with Crippen LogP contribution in [-0.2, 0) is 14.8 Å². The van der Waals surface area contributed by atoms with Crippen LogP contribution in [0.4, 0.5) is 0 Å². The molecule has 7 heteroatoms. The predicted octanol–water partition coefficient (Wildman–Crippen LogP) is 2.23. The second-order valence-corrected chi connectivity index (χ2v) is 10.0. The highest BCUT2D eigenvalue weighted by Crippen LogP contribution is 2.29. The Bertz CT molecular complexity index is 990. The number of hydrogen-bond acceptors (Lipinski definition) is 4. The van der Waals surface area contributed by atoms with Crippen LogP contribution in [0.2, 0.25) is 0 Å². The van der Waals surface area contributed by atoms with E-state index in [4.69, 9.17) is 5.73 Å². The van der Waals surface area contributed by atoms with Gasteiger partial charge in [-0.15, -0.1) is 0 Å². The molecule has 0 bridgehead atoms. The number of piperidine rings is 1. The fourth-order valence-electron chi connectivity index (χ4n) is 4.19. The quantitative estimate of drug-likeness (QED) is 0.815. The molecule has 2 fully saturated rings. The normalized spacial score (nSPS) is 19.8. The molecule has 0 aromatic heterocycles. The Balaban J connectivity index is 1.38. The summed E-state index contributed by atoms with van der Waals surface area (Å²) >= 11 is 0. The topological polar surface area (TPSA) is 83.7 Å². The molecule has 4 rings (SSSR count). The molecule has 0 spiro atoms. The zero-order valence-electron chi connectivity index (χ0n) is 16.6. The third kappa shape index (κ3) is 4.08. The summed E-state index contributed by atoms with van der Waals surface area (Å²) in [4.78, 5) is 13.9. The molecule has 2 aliphatic rings. The zero-order chi connectivity index (χ0) is 20.6. The molecule has 2 aromatic rings. The Morgan fingerprint density at radius 2 is 1.66 bits per heavy atom. The predicted molar refractivity (Wildman–Crippen MR) is 113 cm³/mol. The largest absolute Gasteiger partial charge is 0.369 e. The van der Waals surface area contributed by atoms with E-state index in [1.165, 1.54) is 5.56 Å². The molecule has 2 saturated heterocycles. The number of nitrogens with zero attached hydrogens (tertiary/aromatic N) is 2. The number of likely N-dealkylation sites (tertiary alicyclic amines) is 1. The average Bonchev–Trinajstić information content (AvgIpc) is 2.67. The molecule has 0 aliphatic carbocycles. The van der Waals surface area contributed by atoms with Crippen LogP contribution < -0.4 is 5.73 Å². The second kappa shape index (κ2) is 7.89. The van der Waals surface area contributed by atoms with E-state index in [1.807, 2.05) is 37.3 Å². The van der Waals surface area contributed by atoms with Crippen LogP contribution in [0.5, 0.6) is 0 Å². The highest BCUT2D eigenvalue weighted by atomic mass is 32.2. The Labute approximate surface area is 172 Å². The minimum absolute atomic E-state index is 0.0434. The summed E-state index contributed by atoms with van der Waals surface area (Å²) in [6.07, 6.45) is 1.53.